The highest BCUT2D eigenvalue weighted by molar-refractivity contribution is 5.94. The number of benzene rings is 1. The summed E-state index contributed by atoms with van der Waals surface area (Å²) in [6.45, 7) is 4.96. The van der Waals surface area contributed by atoms with Crippen LogP contribution in [-0.2, 0) is 11.3 Å². The molecule has 1 aliphatic heterocycles. The lowest BCUT2D eigenvalue weighted by atomic mass is 9.97. The lowest BCUT2D eigenvalue weighted by Gasteiger charge is -2.34. The van der Waals surface area contributed by atoms with Crippen LogP contribution in [0.1, 0.15) is 28.8 Å². The maximum Gasteiger partial charge on any atom is 0.317 e. The molecule has 1 aliphatic rings. The zero-order valence-electron chi connectivity index (χ0n) is 16.7. The van der Waals surface area contributed by atoms with Crippen molar-refractivity contribution < 1.29 is 14.3 Å². The van der Waals surface area contributed by atoms with Gasteiger partial charge in [0.15, 0.2) is 0 Å². The summed E-state index contributed by atoms with van der Waals surface area (Å²) in [5.41, 5.74) is 1.50. The molecule has 1 unspecified atom stereocenters. The van der Waals surface area contributed by atoms with E-state index in [9.17, 15) is 9.59 Å². The molecule has 7 nitrogen and oxygen atoms in total. The fraction of sp³-hybridized carbons (Fsp3) is 0.600. The van der Waals surface area contributed by atoms with Crippen LogP contribution in [0.3, 0.4) is 0 Å². The van der Waals surface area contributed by atoms with E-state index in [-0.39, 0.29) is 11.9 Å². The van der Waals surface area contributed by atoms with Gasteiger partial charge in [-0.25, -0.2) is 4.79 Å². The van der Waals surface area contributed by atoms with Crippen molar-refractivity contribution in [1.29, 1.82) is 0 Å². The van der Waals surface area contributed by atoms with Crippen LogP contribution in [0, 0.1) is 5.92 Å². The number of rotatable bonds is 8. The number of amides is 3. The SMILES string of the molecule is CNC(=O)c1cccc(CNC(=O)N(C)CC2CCCN(CCOC)C2)c1. The number of likely N-dealkylation sites (tertiary alicyclic amines) is 1. The smallest absolute Gasteiger partial charge is 0.317 e. The molecule has 2 N–H and O–H groups in total. The van der Waals surface area contributed by atoms with Gasteiger partial charge in [0.05, 0.1) is 6.61 Å². The minimum absolute atomic E-state index is 0.0886. The Hall–Kier alpha value is -2.12. The van der Waals surface area contributed by atoms with Crippen molar-refractivity contribution in [3.8, 4) is 0 Å². The number of carbonyl (C=O) groups excluding carboxylic acids is 2. The third-order valence-corrected chi connectivity index (χ3v) is 4.95. The molecule has 0 saturated carbocycles. The van der Waals surface area contributed by atoms with E-state index >= 15 is 0 Å². The molecule has 150 valence electrons. The largest absolute Gasteiger partial charge is 0.383 e. The minimum atomic E-state index is -0.129. The van der Waals surface area contributed by atoms with E-state index in [1.54, 1.807) is 31.2 Å². The summed E-state index contributed by atoms with van der Waals surface area (Å²) in [4.78, 5) is 28.3. The van der Waals surface area contributed by atoms with Gasteiger partial charge in [-0.05, 0) is 43.0 Å². The first-order chi connectivity index (χ1) is 13.0. The van der Waals surface area contributed by atoms with Crippen LogP contribution in [0.15, 0.2) is 24.3 Å². The first kappa shape index (κ1) is 21.2. The Kier molecular flexibility index (Phi) is 8.54. The van der Waals surface area contributed by atoms with Gasteiger partial charge in [0, 0.05) is 52.9 Å². The van der Waals surface area contributed by atoms with Gasteiger partial charge in [-0.3, -0.25) is 4.79 Å². The average Bonchev–Trinajstić information content (AvgIpc) is 2.70. The Labute approximate surface area is 162 Å². The fourth-order valence-corrected chi connectivity index (χ4v) is 3.47. The highest BCUT2D eigenvalue weighted by atomic mass is 16.5. The Bertz CT molecular complexity index is 623. The maximum atomic E-state index is 12.4. The number of carbonyl (C=O) groups is 2. The fourth-order valence-electron chi connectivity index (χ4n) is 3.47. The molecule has 2 rings (SSSR count). The van der Waals surface area contributed by atoms with Gasteiger partial charge in [-0.15, -0.1) is 0 Å². The van der Waals surface area contributed by atoms with E-state index < -0.39 is 0 Å². The Morgan fingerprint density at radius 3 is 2.93 bits per heavy atom. The summed E-state index contributed by atoms with van der Waals surface area (Å²) in [6, 6.07) is 7.20. The summed E-state index contributed by atoms with van der Waals surface area (Å²) in [5.74, 6) is 0.360. The summed E-state index contributed by atoms with van der Waals surface area (Å²) < 4.78 is 5.16. The minimum Gasteiger partial charge on any atom is -0.383 e. The molecule has 1 fully saturated rings. The van der Waals surface area contributed by atoms with E-state index in [1.165, 1.54) is 0 Å². The lowest BCUT2D eigenvalue weighted by molar-refractivity contribution is 0.0963. The van der Waals surface area contributed by atoms with Gasteiger partial charge in [0.25, 0.3) is 5.91 Å². The van der Waals surface area contributed by atoms with Crippen molar-refractivity contribution in [2.75, 3.05) is 54.0 Å². The summed E-state index contributed by atoms with van der Waals surface area (Å²) in [6.07, 6.45) is 2.31. The van der Waals surface area contributed by atoms with Gasteiger partial charge in [-0.2, -0.15) is 0 Å². The molecule has 7 heteroatoms. The van der Waals surface area contributed by atoms with E-state index in [2.05, 4.69) is 15.5 Å². The van der Waals surface area contributed by atoms with Crippen LogP contribution in [0.4, 0.5) is 4.79 Å². The van der Waals surface area contributed by atoms with Crippen molar-refractivity contribution in [2.24, 2.45) is 5.92 Å². The maximum absolute atomic E-state index is 12.4. The topological polar surface area (TPSA) is 73.9 Å². The number of urea groups is 1. The molecule has 1 aromatic carbocycles. The summed E-state index contributed by atoms with van der Waals surface area (Å²) >= 11 is 0. The molecule has 3 amide bonds. The molecule has 27 heavy (non-hydrogen) atoms. The molecule has 0 aromatic heterocycles. The van der Waals surface area contributed by atoms with E-state index in [1.807, 2.05) is 19.2 Å². The van der Waals surface area contributed by atoms with Crippen molar-refractivity contribution in [3.63, 3.8) is 0 Å². The van der Waals surface area contributed by atoms with Crippen molar-refractivity contribution in [1.82, 2.24) is 20.4 Å². The standard InChI is InChI=1S/C20H32N4O3/c1-21-19(25)18-8-4-6-16(12-18)13-22-20(26)23(2)14-17-7-5-9-24(15-17)10-11-27-3/h4,6,8,12,17H,5,7,9-11,13-15H2,1-3H3,(H,21,25)(H,22,26). The number of ether oxygens (including phenoxy) is 1. The number of nitrogens with one attached hydrogen (secondary N) is 2. The second-order valence-corrected chi connectivity index (χ2v) is 7.12. The van der Waals surface area contributed by atoms with Gasteiger partial charge in [-0.1, -0.05) is 12.1 Å². The molecule has 1 atom stereocenters. The van der Waals surface area contributed by atoms with Crippen molar-refractivity contribution in [2.45, 2.75) is 19.4 Å². The first-order valence-electron chi connectivity index (χ1n) is 9.54. The highest BCUT2D eigenvalue weighted by Crippen LogP contribution is 2.17. The van der Waals surface area contributed by atoms with Crippen LogP contribution in [0.5, 0.6) is 0 Å². The van der Waals surface area contributed by atoms with Gasteiger partial charge < -0.3 is 25.2 Å². The molecule has 0 bridgehead atoms. The van der Waals surface area contributed by atoms with Crippen LogP contribution < -0.4 is 10.6 Å². The summed E-state index contributed by atoms with van der Waals surface area (Å²) in [5, 5.41) is 5.55. The first-order valence-corrected chi connectivity index (χ1v) is 9.54. The predicted octanol–water partition coefficient (Wildman–Crippen LogP) is 1.55. The molecule has 0 spiro atoms. The molecular formula is C20H32N4O3. The van der Waals surface area contributed by atoms with E-state index in [4.69, 9.17) is 4.74 Å². The molecular weight excluding hydrogens is 344 g/mol. The highest BCUT2D eigenvalue weighted by Gasteiger charge is 2.22. The average molecular weight is 377 g/mol. The van der Waals surface area contributed by atoms with Crippen LogP contribution in [-0.4, -0.2) is 75.7 Å². The lowest BCUT2D eigenvalue weighted by Crippen LogP contribution is -2.45. The van der Waals surface area contributed by atoms with Crippen LogP contribution >= 0.6 is 0 Å². The second-order valence-electron chi connectivity index (χ2n) is 7.12. The number of hydrogen-bond acceptors (Lipinski definition) is 4. The van der Waals surface area contributed by atoms with Crippen molar-refractivity contribution in [3.05, 3.63) is 35.4 Å². The third kappa shape index (κ3) is 6.84. The van der Waals surface area contributed by atoms with E-state index in [0.717, 1.165) is 51.2 Å². The molecule has 0 radical (unpaired) electrons. The second kappa shape index (κ2) is 10.9. The summed E-state index contributed by atoms with van der Waals surface area (Å²) in [7, 11) is 5.17. The Morgan fingerprint density at radius 1 is 1.37 bits per heavy atom. The number of piperidine rings is 1. The van der Waals surface area contributed by atoms with Crippen LogP contribution in [0.2, 0.25) is 0 Å². The molecule has 1 heterocycles. The van der Waals surface area contributed by atoms with Gasteiger partial charge in [0.1, 0.15) is 0 Å². The van der Waals surface area contributed by atoms with Crippen molar-refractivity contribution >= 4 is 11.9 Å². The molecule has 1 aromatic rings. The number of hydrogen-bond donors (Lipinski definition) is 2. The normalized spacial score (nSPS) is 17.4. The number of nitrogens with zero attached hydrogens (tertiary/aromatic N) is 2. The van der Waals surface area contributed by atoms with Gasteiger partial charge in [0.2, 0.25) is 0 Å². The third-order valence-electron chi connectivity index (χ3n) is 4.95. The quantitative estimate of drug-likeness (QED) is 0.722. The zero-order valence-corrected chi connectivity index (χ0v) is 16.7. The van der Waals surface area contributed by atoms with Crippen LogP contribution in [0.25, 0.3) is 0 Å². The Morgan fingerprint density at radius 2 is 2.19 bits per heavy atom. The zero-order chi connectivity index (χ0) is 19.6. The predicted molar refractivity (Wildman–Crippen MR) is 106 cm³/mol. The van der Waals surface area contributed by atoms with E-state index in [0.29, 0.717) is 18.0 Å². The van der Waals surface area contributed by atoms with Gasteiger partial charge >= 0.3 is 6.03 Å². The molecule has 1 saturated heterocycles. The molecule has 0 aliphatic carbocycles. The Balaban J connectivity index is 1.79. The number of methoxy groups -OCH3 is 1. The monoisotopic (exact) mass is 376 g/mol.